The molecule has 1 aliphatic rings. The third-order valence-corrected chi connectivity index (χ3v) is 4.17. The van der Waals surface area contributed by atoms with Crippen LogP contribution in [0.4, 0.5) is 5.69 Å². The molecule has 0 bridgehead atoms. The Bertz CT molecular complexity index is 470. The Kier molecular flexibility index (Phi) is 5.05. The summed E-state index contributed by atoms with van der Waals surface area (Å²) in [5.74, 6) is 0.0341. The first-order valence-electron chi connectivity index (χ1n) is 7.60. The molecule has 0 saturated heterocycles. The maximum Gasteiger partial charge on any atom is 0.308 e. The van der Waals surface area contributed by atoms with Crippen LogP contribution in [-0.4, -0.2) is 18.6 Å². The molecule has 1 fully saturated rings. The van der Waals surface area contributed by atoms with Gasteiger partial charge < -0.3 is 10.1 Å². The Morgan fingerprint density at radius 1 is 1.30 bits per heavy atom. The van der Waals surface area contributed by atoms with Gasteiger partial charge in [0.25, 0.3) is 0 Å². The fourth-order valence-corrected chi connectivity index (χ4v) is 2.86. The second-order valence-electron chi connectivity index (χ2n) is 5.76. The van der Waals surface area contributed by atoms with E-state index in [1.807, 2.05) is 6.92 Å². The van der Waals surface area contributed by atoms with Crippen molar-refractivity contribution in [2.24, 2.45) is 5.92 Å². The van der Waals surface area contributed by atoms with E-state index in [0.717, 1.165) is 31.4 Å². The number of esters is 1. The van der Waals surface area contributed by atoms with Gasteiger partial charge in [-0.2, -0.15) is 0 Å². The highest BCUT2D eigenvalue weighted by atomic mass is 16.5. The van der Waals surface area contributed by atoms with E-state index in [-0.39, 0.29) is 11.9 Å². The van der Waals surface area contributed by atoms with Crippen molar-refractivity contribution in [2.45, 2.75) is 52.5 Å². The Morgan fingerprint density at radius 3 is 2.80 bits per heavy atom. The topological polar surface area (TPSA) is 38.3 Å². The summed E-state index contributed by atoms with van der Waals surface area (Å²) in [7, 11) is 0. The predicted molar refractivity (Wildman–Crippen MR) is 81.9 cm³/mol. The van der Waals surface area contributed by atoms with Gasteiger partial charge in [-0.3, -0.25) is 4.79 Å². The van der Waals surface area contributed by atoms with Crippen molar-refractivity contribution in [2.75, 3.05) is 11.9 Å². The van der Waals surface area contributed by atoms with Crippen molar-refractivity contribution < 1.29 is 9.53 Å². The van der Waals surface area contributed by atoms with Crippen molar-refractivity contribution in [1.82, 2.24) is 0 Å². The van der Waals surface area contributed by atoms with Crippen molar-refractivity contribution >= 4 is 11.7 Å². The van der Waals surface area contributed by atoms with E-state index in [2.05, 4.69) is 37.4 Å². The van der Waals surface area contributed by atoms with Crippen LogP contribution in [0.15, 0.2) is 18.2 Å². The lowest BCUT2D eigenvalue weighted by molar-refractivity contribution is -0.149. The molecule has 20 heavy (non-hydrogen) atoms. The summed E-state index contributed by atoms with van der Waals surface area (Å²) in [5, 5.41) is 3.57. The summed E-state index contributed by atoms with van der Waals surface area (Å²) in [5.41, 5.74) is 3.76. The Hall–Kier alpha value is -1.51. The third-order valence-electron chi connectivity index (χ3n) is 4.17. The fourth-order valence-electron chi connectivity index (χ4n) is 2.86. The molecule has 2 rings (SSSR count). The summed E-state index contributed by atoms with van der Waals surface area (Å²) in [6, 6.07) is 6.82. The molecule has 0 heterocycles. The minimum Gasteiger partial charge on any atom is -0.466 e. The van der Waals surface area contributed by atoms with E-state index in [9.17, 15) is 4.79 Å². The summed E-state index contributed by atoms with van der Waals surface area (Å²) in [6.45, 7) is 6.59. The van der Waals surface area contributed by atoms with Crippen molar-refractivity contribution in [3.05, 3.63) is 29.3 Å². The van der Waals surface area contributed by atoms with Gasteiger partial charge in [-0.05, 0) is 63.3 Å². The Labute approximate surface area is 121 Å². The first kappa shape index (κ1) is 14.9. The number of carbonyl (C=O) groups is 1. The van der Waals surface area contributed by atoms with Gasteiger partial charge in [0.15, 0.2) is 0 Å². The highest BCUT2D eigenvalue weighted by molar-refractivity contribution is 5.72. The Morgan fingerprint density at radius 2 is 2.10 bits per heavy atom. The maximum atomic E-state index is 11.8. The largest absolute Gasteiger partial charge is 0.466 e. The van der Waals surface area contributed by atoms with E-state index >= 15 is 0 Å². The fraction of sp³-hybridized carbons (Fsp3) is 0.588. The lowest BCUT2D eigenvalue weighted by Crippen LogP contribution is -2.32. The molecule has 1 aliphatic carbocycles. The monoisotopic (exact) mass is 275 g/mol. The molecular formula is C17H25NO2. The quantitative estimate of drug-likeness (QED) is 0.849. The van der Waals surface area contributed by atoms with Crippen LogP contribution in [0, 0.1) is 19.8 Å². The lowest BCUT2D eigenvalue weighted by Gasteiger charge is -2.29. The van der Waals surface area contributed by atoms with E-state index < -0.39 is 0 Å². The molecule has 3 nitrogen and oxygen atoms in total. The number of benzene rings is 1. The second-order valence-corrected chi connectivity index (χ2v) is 5.76. The minimum atomic E-state index is -0.0286. The highest BCUT2D eigenvalue weighted by Crippen LogP contribution is 2.28. The first-order valence-corrected chi connectivity index (χ1v) is 7.60. The molecule has 0 spiro atoms. The van der Waals surface area contributed by atoms with Gasteiger partial charge in [-0.25, -0.2) is 0 Å². The maximum absolute atomic E-state index is 11.8. The smallest absolute Gasteiger partial charge is 0.308 e. The number of hydrogen-bond donors (Lipinski definition) is 1. The number of carbonyl (C=O) groups excluding carboxylic acids is 1. The number of hydrogen-bond acceptors (Lipinski definition) is 3. The van der Waals surface area contributed by atoms with Crippen LogP contribution in [0.1, 0.15) is 43.7 Å². The molecule has 1 aromatic carbocycles. The van der Waals surface area contributed by atoms with Crippen LogP contribution >= 0.6 is 0 Å². The van der Waals surface area contributed by atoms with E-state index in [0.29, 0.717) is 12.6 Å². The SMILES string of the molecule is CCOC(=O)C1CCCC(Nc2ccc(C)c(C)c2)C1. The van der Waals surface area contributed by atoms with Crippen molar-refractivity contribution in [3.8, 4) is 0 Å². The van der Waals surface area contributed by atoms with Gasteiger partial charge in [0.1, 0.15) is 0 Å². The molecule has 2 unspecified atom stereocenters. The summed E-state index contributed by atoms with van der Waals surface area (Å²) < 4.78 is 5.15. The normalized spacial score (nSPS) is 22.4. The van der Waals surface area contributed by atoms with Gasteiger partial charge >= 0.3 is 5.97 Å². The average Bonchev–Trinajstić information content (AvgIpc) is 2.43. The van der Waals surface area contributed by atoms with E-state index in [1.165, 1.54) is 11.1 Å². The molecule has 0 radical (unpaired) electrons. The van der Waals surface area contributed by atoms with Gasteiger partial charge in [0.2, 0.25) is 0 Å². The number of rotatable bonds is 4. The van der Waals surface area contributed by atoms with Crippen LogP contribution in [0.25, 0.3) is 0 Å². The highest BCUT2D eigenvalue weighted by Gasteiger charge is 2.28. The van der Waals surface area contributed by atoms with Crippen LogP contribution in [0.2, 0.25) is 0 Å². The predicted octanol–water partition coefficient (Wildman–Crippen LogP) is 3.84. The van der Waals surface area contributed by atoms with Crippen molar-refractivity contribution in [3.63, 3.8) is 0 Å². The zero-order valence-electron chi connectivity index (χ0n) is 12.7. The van der Waals surface area contributed by atoms with Gasteiger partial charge in [0.05, 0.1) is 12.5 Å². The molecule has 1 N–H and O–H groups in total. The van der Waals surface area contributed by atoms with Crippen LogP contribution in [-0.2, 0) is 9.53 Å². The lowest BCUT2D eigenvalue weighted by atomic mass is 9.85. The van der Waals surface area contributed by atoms with Gasteiger partial charge in [0, 0.05) is 11.7 Å². The molecule has 2 atom stereocenters. The zero-order valence-corrected chi connectivity index (χ0v) is 12.7. The average molecular weight is 275 g/mol. The van der Waals surface area contributed by atoms with Gasteiger partial charge in [-0.1, -0.05) is 12.5 Å². The molecule has 1 aromatic rings. The van der Waals surface area contributed by atoms with E-state index in [4.69, 9.17) is 4.74 Å². The molecule has 0 aromatic heterocycles. The third kappa shape index (κ3) is 3.75. The molecular weight excluding hydrogens is 250 g/mol. The molecule has 0 aliphatic heterocycles. The number of aryl methyl sites for hydroxylation is 2. The van der Waals surface area contributed by atoms with Crippen LogP contribution in [0.5, 0.6) is 0 Å². The number of nitrogens with one attached hydrogen (secondary N) is 1. The molecule has 3 heteroatoms. The molecule has 1 saturated carbocycles. The minimum absolute atomic E-state index is 0.0286. The summed E-state index contributed by atoms with van der Waals surface area (Å²) in [4.78, 5) is 11.8. The number of anilines is 1. The van der Waals surface area contributed by atoms with E-state index in [1.54, 1.807) is 0 Å². The van der Waals surface area contributed by atoms with Crippen LogP contribution in [0.3, 0.4) is 0 Å². The van der Waals surface area contributed by atoms with Crippen LogP contribution < -0.4 is 5.32 Å². The molecule has 110 valence electrons. The zero-order chi connectivity index (χ0) is 14.5. The molecule has 0 amide bonds. The van der Waals surface area contributed by atoms with Gasteiger partial charge in [-0.15, -0.1) is 0 Å². The number of ether oxygens (including phenoxy) is 1. The summed E-state index contributed by atoms with van der Waals surface area (Å²) >= 11 is 0. The second kappa shape index (κ2) is 6.78. The standard InChI is InChI=1S/C17H25NO2/c1-4-20-17(19)14-6-5-7-15(11-14)18-16-9-8-12(2)13(3)10-16/h8-10,14-15,18H,4-7,11H2,1-3H3. The Balaban J connectivity index is 1.95. The first-order chi connectivity index (χ1) is 9.60. The van der Waals surface area contributed by atoms with Crippen molar-refractivity contribution in [1.29, 1.82) is 0 Å². The summed E-state index contributed by atoms with van der Waals surface area (Å²) in [6.07, 6.45) is 4.06.